The van der Waals surface area contributed by atoms with E-state index in [4.69, 9.17) is 5.73 Å². The number of carboxylic acid groups (broad SMARTS) is 1. The summed E-state index contributed by atoms with van der Waals surface area (Å²) < 4.78 is 0. The standard InChI is InChI=1S/C28H35N5O7/c1-15(34)23(29)27(38)32-22(13-18-14-30-20-11-7-6-10-19(18)20)25(36)31-21(12-17-8-4-3-5-9-17)26(37)33-24(16(2)35)28(39)40/h3-11,14-16,21-24,30,34-35H,12-13,29H2,1-2H3,(H,31,36)(H,32,38)(H,33,37)(H,39,40). The highest BCUT2D eigenvalue weighted by molar-refractivity contribution is 5.95. The number of aliphatic hydroxyl groups excluding tert-OH is 2. The zero-order valence-corrected chi connectivity index (χ0v) is 22.2. The van der Waals surface area contributed by atoms with Crippen LogP contribution in [0.15, 0.2) is 60.8 Å². The number of hydrogen-bond donors (Lipinski definition) is 8. The first kappa shape index (κ1) is 30.3. The van der Waals surface area contributed by atoms with Crippen molar-refractivity contribution in [3.8, 4) is 0 Å². The van der Waals surface area contributed by atoms with Crippen molar-refractivity contribution in [2.75, 3.05) is 0 Å². The molecule has 3 amide bonds. The molecule has 6 unspecified atom stereocenters. The lowest BCUT2D eigenvalue weighted by atomic mass is 10.0. The summed E-state index contributed by atoms with van der Waals surface area (Å²) in [5.74, 6) is -3.76. The van der Waals surface area contributed by atoms with Gasteiger partial charge in [0.1, 0.15) is 18.1 Å². The van der Waals surface area contributed by atoms with E-state index in [9.17, 15) is 34.5 Å². The summed E-state index contributed by atoms with van der Waals surface area (Å²) in [6.45, 7) is 2.57. The number of H-pyrrole nitrogens is 1. The monoisotopic (exact) mass is 553 g/mol. The number of carbonyl (C=O) groups is 4. The maximum atomic E-state index is 13.6. The summed E-state index contributed by atoms with van der Waals surface area (Å²) in [6, 6.07) is 10.8. The van der Waals surface area contributed by atoms with Gasteiger partial charge in [-0.2, -0.15) is 0 Å². The van der Waals surface area contributed by atoms with Crippen molar-refractivity contribution in [2.45, 2.75) is 63.1 Å². The molecule has 12 nitrogen and oxygen atoms in total. The molecule has 2 aromatic carbocycles. The largest absolute Gasteiger partial charge is 0.480 e. The van der Waals surface area contributed by atoms with Crippen molar-refractivity contribution >= 4 is 34.6 Å². The summed E-state index contributed by atoms with van der Waals surface area (Å²) in [7, 11) is 0. The minimum absolute atomic E-state index is 0.00546. The maximum absolute atomic E-state index is 13.6. The summed E-state index contributed by atoms with van der Waals surface area (Å²) in [6.07, 6.45) is -0.836. The van der Waals surface area contributed by atoms with Crippen molar-refractivity contribution in [3.05, 3.63) is 71.9 Å². The topological polar surface area (TPSA) is 207 Å². The van der Waals surface area contributed by atoms with Crippen LogP contribution in [0.2, 0.25) is 0 Å². The molecule has 12 heteroatoms. The fraction of sp³-hybridized carbons (Fsp3) is 0.357. The fourth-order valence-corrected chi connectivity index (χ4v) is 4.19. The predicted octanol–water partition coefficient (Wildman–Crippen LogP) is -0.419. The summed E-state index contributed by atoms with van der Waals surface area (Å²) >= 11 is 0. The second-order valence-corrected chi connectivity index (χ2v) is 9.71. The van der Waals surface area contributed by atoms with Gasteiger partial charge in [-0.05, 0) is 31.0 Å². The SMILES string of the molecule is CC(O)C(N)C(=O)NC(Cc1c[nH]c2ccccc12)C(=O)NC(Cc1ccccc1)C(=O)NC(C(=O)O)C(C)O. The van der Waals surface area contributed by atoms with Gasteiger partial charge in [-0.3, -0.25) is 14.4 Å². The van der Waals surface area contributed by atoms with Crippen LogP contribution in [0.4, 0.5) is 0 Å². The molecular formula is C28H35N5O7. The Hall–Kier alpha value is -4.26. The molecule has 3 aromatic rings. The molecule has 0 saturated heterocycles. The normalized spacial score (nSPS) is 15.7. The number of carboxylic acids is 1. The molecule has 40 heavy (non-hydrogen) atoms. The van der Waals surface area contributed by atoms with Gasteiger partial charge >= 0.3 is 5.97 Å². The van der Waals surface area contributed by atoms with Crippen LogP contribution in [0.1, 0.15) is 25.0 Å². The Bertz CT molecular complexity index is 1320. The predicted molar refractivity (Wildman–Crippen MR) is 147 cm³/mol. The molecule has 0 aliphatic heterocycles. The zero-order valence-electron chi connectivity index (χ0n) is 22.2. The van der Waals surface area contributed by atoms with E-state index in [1.54, 1.807) is 36.5 Å². The van der Waals surface area contributed by atoms with Gasteiger partial charge in [0, 0.05) is 29.9 Å². The molecule has 6 atom stereocenters. The molecule has 0 saturated carbocycles. The molecule has 3 rings (SSSR count). The lowest BCUT2D eigenvalue weighted by Crippen LogP contribution is -2.59. The van der Waals surface area contributed by atoms with E-state index in [0.717, 1.165) is 10.9 Å². The average molecular weight is 554 g/mol. The maximum Gasteiger partial charge on any atom is 0.328 e. The Morgan fingerprint density at radius 2 is 1.38 bits per heavy atom. The summed E-state index contributed by atoms with van der Waals surface area (Å²) in [4.78, 5) is 54.2. The minimum Gasteiger partial charge on any atom is -0.480 e. The first-order valence-electron chi connectivity index (χ1n) is 12.8. The van der Waals surface area contributed by atoms with Crippen LogP contribution in [0.3, 0.4) is 0 Å². The van der Waals surface area contributed by atoms with Crippen molar-refractivity contribution in [3.63, 3.8) is 0 Å². The second kappa shape index (κ2) is 13.7. The van der Waals surface area contributed by atoms with E-state index in [2.05, 4.69) is 20.9 Å². The Morgan fingerprint density at radius 3 is 2.00 bits per heavy atom. The Labute approximate surface area is 231 Å². The molecular weight excluding hydrogens is 518 g/mol. The van der Waals surface area contributed by atoms with Crippen LogP contribution in [-0.4, -0.2) is 80.4 Å². The van der Waals surface area contributed by atoms with Crippen molar-refractivity contribution in [1.29, 1.82) is 0 Å². The third-order valence-electron chi connectivity index (χ3n) is 6.52. The second-order valence-electron chi connectivity index (χ2n) is 9.71. The lowest BCUT2D eigenvalue weighted by molar-refractivity contribution is -0.145. The number of hydrogen-bond acceptors (Lipinski definition) is 7. The van der Waals surface area contributed by atoms with Crippen LogP contribution < -0.4 is 21.7 Å². The van der Waals surface area contributed by atoms with Gasteiger partial charge in [-0.15, -0.1) is 0 Å². The Balaban J connectivity index is 1.90. The number of rotatable bonds is 13. The van der Waals surface area contributed by atoms with Crippen molar-refractivity contribution < 1.29 is 34.5 Å². The van der Waals surface area contributed by atoms with Crippen LogP contribution >= 0.6 is 0 Å². The number of carbonyl (C=O) groups excluding carboxylic acids is 3. The lowest BCUT2D eigenvalue weighted by Gasteiger charge is -2.26. The number of benzene rings is 2. The van der Waals surface area contributed by atoms with E-state index < -0.39 is 60.1 Å². The highest BCUT2D eigenvalue weighted by Gasteiger charge is 2.33. The molecule has 9 N–H and O–H groups in total. The average Bonchev–Trinajstić information content (AvgIpc) is 3.33. The number of amides is 3. The molecule has 0 bridgehead atoms. The molecule has 0 fully saturated rings. The van der Waals surface area contributed by atoms with Gasteiger partial charge < -0.3 is 42.0 Å². The summed E-state index contributed by atoms with van der Waals surface area (Å²) in [5.41, 5.74) is 8.01. The van der Waals surface area contributed by atoms with Gasteiger partial charge in [0.05, 0.1) is 12.2 Å². The number of aliphatic carboxylic acids is 1. The third-order valence-corrected chi connectivity index (χ3v) is 6.52. The fourth-order valence-electron chi connectivity index (χ4n) is 4.19. The number of aliphatic hydroxyl groups is 2. The van der Waals surface area contributed by atoms with Crippen LogP contribution in [0.25, 0.3) is 10.9 Å². The molecule has 0 spiro atoms. The van der Waals surface area contributed by atoms with E-state index in [1.165, 1.54) is 13.8 Å². The van der Waals surface area contributed by atoms with E-state index >= 15 is 0 Å². The zero-order chi connectivity index (χ0) is 29.4. The first-order chi connectivity index (χ1) is 19.0. The van der Waals surface area contributed by atoms with E-state index in [1.807, 2.05) is 24.3 Å². The highest BCUT2D eigenvalue weighted by Crippen LogP contribution is 2.19. The van der Waals surface area contributed by atoms with Crippen molar-refractivity contribution in [2.24, 2.45) is 5.73 Å². The number of fused-ring (bicyclic) bond motifs is 1. The molecule has 214 valence electrons. The molecule has 1 heterocycles. The number of nitrogens with two attached hydrogens (primary N) is 1. The van der Waals surface area contributed by atoms with Gasteiger partial charge in [0.2, 0.25) is 17.7 Å². The van der Waals surface area contributed by atoms with E-state index in [0.29, 0.717) is 11.1 Å². The Morgan fingerprint density at radius 1 is 0.800 bits per heavy atom. The van der Waals surface area contributed by atoms with Crippen LogP contribution in [0.5, 0.6) is 0 Å². The molecule has 0 aliphatic carbocycles. The highest BCUT2D eigenvalue weighted by atomic mass is 16.4. The van der Waals surface area contributed by atoms with Gasteiger partial charge in [-0.1, -0.05) is 48.5 Å². The molecule has 0 radical (unpaired) electrons. The summed E-state index contributed by atoms with van der Waals surface area (Å²) in [5, 5.41) is 37.3. The number of nitrogens with one attached hydrogen (secondary N) is 4. The van der Waals surface area contributed by atoms with Crippen LogP contribution in [0, 0.1) is 0 Å². The minimum atomic E-state index is -1.60. The number of para-hydroxylation sites is 1. The smallest absolute Gasteiger partial charge is 0.328 e. The van der Waals surface area contributed by atoms with Gasteiger partial charge in [0.25, 0.3) is 0 Å². The van der Waals surface area contributed by atoms with Crippen LogP contribution in [-0.2, 0) is 32.0 Å². The molecule has 1 aromatic heterocycles. The Kier molecular flexibility index (Phi) is 10.4. The van der Waals surface area contributed by atoms with Crippen molar-refractivity contribution in [1.82, 2.24) is 20.9 Å². The van der Waals surface area contributed by atoms with E-state index in [-0.39, 0.29) is 12.8 Å². The molecule has 0 aliphatic rings. The third kappa shape index (κ3) is 7.88. The van der Waals surface area contributed by atoms with Gasteiger partial charge in [0.15, 0.2) is 6.04 Å². The number of aromatic nitrogens is 1. The number of aromatic amines is 1. The van der Waals surface area contributed by atoms with Gasteiger partial charge in [-0.25, -0.2) is 4.79 Å². The first-order valence-corrected chi connectivity index (χ1v) is 12.8. The quantitative estimate of drug-likeness (QED) is 0.139.